The topological polar surface area (TPSA) is 93.7 Å². The van der Waals surface area contributed by atoms with Gasteiger partial charge in [-0.1, -0.05) is 12.1 Å². The van der Waals surface area contributed by atoms with Crippen LogP contribution in [0.15, 0.2) is 36.5 Å². The molecule has 1 heterocycles. The summed E-state index contributed by atoms with van der Waals surface area (Å²) in [6.07, 6.45) is 1.46. The molecule has 0 saturated heterocycles. The predicted molar refractivity (Wildman–Crippen MR) is 100.0 cm³/mol. The first-order valence-corrected chi connectivity index (χ1v) is 8.18. The van der Waals surface area contributed by atoms with Crippen LogP contribution in [0, 0.1) is 6.92 Å². The number of aromatic hydroxyl groups is 1. The smallest absolute Gasteiger partial charge is 0.211 e. The molecule has 0 fully saturated rings. The molecule has 0 aliphatic rings. The number of benzene rings is 2. The van der Waals surface area contributed by atoms with Gasteiger partial charge < -0.3 is 24.3 Å². The van der Waals surface area contributed by atoms with Gasteiger partial charge in [-0.2, -0.15) is 0 Å². The van der Waals surface area contributed by atoms with Crippen molar-refractivity contribution in [1.29, 1.82) is 0 Å². The first-order valence-electron chi connectivity index (χ1n) is 8.18. The van der Waals surface area contributed by atoms with E-state index in [1.165, 1.54) is 27.5 Å². The molecule has 0 amide bonds. The molecule has 7 heteroatoms. The summed E-state index contributed by atoms with van der Waals surface area (Å²) in [5.74, 6) is 1.58. The maximum atomic E-state index is 12.9. The number of nitrogens with zero attached hydrogens (tertiary/aromatic N) is 1. The molecule has 3 rings (SSSR count). The number of ketones is 1. The second-order valence-electron chi connectivity index (χ2n) is 5.89. The van der Waals surface area contributed by atoms with E-state index in [-0.39, 0.29) is 11.5 Å². The number of H-pyrrole nitrogens is 1. The molecule has 0 saturated carbocycles. The fourth-order valence-electron chi connectivity index (χ4n) is 2.71. The van der Waals surface area contributed by atoms with Crippen LogP contribution in [0.1, 0.15) is 21.6 Å². The third-order valence-corrected chi connectivity index (χ3v) is 4.23. The van der Waals surface area contributed by atoms with Crippen molar-refractivity contribution in [3.63, 3.8) is 0 Å². The van der Waals surface area contributed by atoms with E-state index in [2.05, 4.69) is 9.97 Å². The van der Waals surface area contributed by atoms with Gasteiger partial charge in [-0.3, -0.25) is 4.79 Å². The summed E-state index contributed by atoms with van der Waals surface area (Å²) in [7, 11) is 4.48. The SMILES string of the molecule is COc1cc(C(=O)c2cnc(-c3ccc(C)c(O)c3)[nH]2)cc(OC)c1OC. The van der Waals surface area contributed by atoms with Gasteiger partial charge in [-0.25, -0.2) is 4.98 Å². The van der Waals surface area contributed by atoms with Crippen LogP contribution < -0.4 is 14.2 Å². The molecule has 2 N–H and O–H groups in total. The van der Waals surface area contributed by atoms with Crippen molar-refractivity contribution in [3.8, 4) is 34.4 Å². The minimum Gasteiger partial charge on any atom is -0.508 e. The number of phenols is 1. The monoisotopic (exact) mass is 368 g/mol. The first-order chi connectivity index (χ1) is 13.0. The van der Waals surface area contributed by atoms with E-state index in [0.717, 1.165) is 5.56 Å². The van der Waals surface area contributed by atoms with Gasteiger partial charge in [-0.15, -0.1) is 0 Å². The Hall–Kier alpha value is -3.48. The summed E-state index contributed by atoms with van der Waals surface area (Å²) in [6, 6.07) is 8.38. The van der Waals surface area contributed by atoms with Crippen LogP contribution in [-0.4, -0.2) is 42.2 Å². The molecule has 0 atom stereocenters. The predicted octanol–water partition coefficient (Wildman–Crippen LogP) is 3.35. The Kier molecular flexibility index (Phi) is 5.03. The summed E-state index contributed by atoms with van der Waals surface area (Å²) in [6.45, 7) is 1.81. The second kappa shape index (κ2) is 7.41. The number of aromatic nitrogens is 2. The van der Waals surface area contributed by atoms with Gasteiger partial charge in [0.05, 0.1) is 27.5 Å². The van der Waals surface area contributed by atoms with Crippen molar-refractivity contribution in [2.75, 3.05) is 21.3 Å². The van der Waals surface area contributed by atoms with Crippen LogP contribution >= 0.6 is 0 Å². The number of rotatable bonds is 6. The van der Waals surface area contributed by atoms with Crippen LogP contribution in [0.25, 0.3) is 11.4 Å². The lowest BCUT2D eigenvalue weighted by Crippen LogP contribution is -2.04. The zero-order valence-electron chi connectivity index (χ0n) is 15.5. The molecule has 140 valence electrons. The molecular formula is C20H20N2O5. The third kappa shape index (κ3) is 3.44. The highest BCUT2D eigenvalue weighted by molar-refractivity contribution is 6.08. The van der Waals surface area contributed by atoms with E-state index in [4.69, 9.17) is 14.2 Å². The van der Waals surface area contributed by atoms with E-state index in [0.29, 0.717) is 39.9 Å². The average molecular weight is 368 g/mol. The summed E-state index contributed by atoms with van der Waals surface area (Å²) < 4.78 is 15.9. The van der Waals surface area contributed by atoms with Crippen molar-refractivity contribution >= 4 is 5.78 Å². The van der Waals surface area contributed by atoms with Crippen LogP contribution in [0.2, 0.25) is 0 Å². The molecule has 0 aliphatic carbocycles. The second-order valence-corrected chi connectivity index (χ2v) is 5.89. The largest absolute Gasteiger partial charge is 0.508 e. The summed E-state index contributed by atoms with van der Waals surface area (Å²) in [4.78, 5) is 20.1. The fraction of sp³-hybridized carbons (Fsp3) is 0.200. The number of carbonyl (C=O) groups excluding carboxylic acids is 1. The van der Waals surface area contributed by atoms with Crippen molar-refractivity contribution in [3.05, 3.63) is 53.3 Å². The van der Waals surface area contributed by atoms with Gasteiger partial charge >= 0.3 is 0 Å². The van der Waals surface area contributed by atoms with Gasteiger partial charge in [-0.05, 0) is 30.7 Å². The molecule has 0 unspecified atom stereocenters. The van der Waals surface area contributed by atoms with Gasteiger partial charge in [0.25, 0.3) is 0 Å². The number of aryl methyl sites for hydroxylation is 1. The number of hydrogen-bond acceptors (Lipinski definition) is 6. The fourth-order valence-corrected chi connectivity index (χ4v) is 2.71. The van der Waals surface area contributed by atoms with Gasteiger partial charge in [0.2, 0.25) is 11.5 Å². The van der Waals surface area contributed by atoms with E-state index in [1.54, 1.807) is 31.2 Å². The van der Waals surface area contributed by atoms with Crippen molar-refractivity contribution in [2.45, 2.75) is 6.92 Å². The normalized spacial score (nSPS) is 10.5. The number of hydrogen-bond donors (Lipinski definition) is 2. The standard InChI is InChI=1S/C20H20N2O5/c1-11-5-6-12(7-15(11)23)20-21-10-14(22-20)18(24)13-8-16(25-2)19(27-4)17(9-13)26-3/h5-10,23H,1-4H3,(H,21,22). The van der Waals surface area contributed by atoms with E-state index in [1.807, 2.05) is 6.07 Å². The number of aromatic amines is 1. The highest BCUT2D eigenvalue weighted by Crippen LogP contribution is 2.38. The number of nitrogens with one attached hydrogen (secondary N) is 1. The molecular weight excluding hydrogens is 348 g/mol. The molecule has 0 radical (unpaired) electrons. The van der Waals surface area contributed by atoms with Gasteiger partial charge in [0, 0.05) is 11.1 Å². The Morgan fingerprint density at radius 2 is 1.70 bits per heavy atom. The first kappa shape index (κ1) is 18.3. The van der Waals surface area contributed by atoms with E-state index < -0.39 is 0 Å². The van der Waals surface area contributed by atoms with Crippen LogP contribution in [-0.2, 0) is 0 Å². The Balaban J connectivity index is 1.97. The minimum atomic E-state index is -0.274. The quantitative estimate of drug-likeness (QED) is 0.648. The Labute approximate surface area is 156 Å². The van der Waals surface area contributed by atoms with Crippen molar-refractivity contribution in [1.82, 2.24) is 9.97 Å². The van der Waals surface area contributed by atoms with E-state index >= 15 is 0 Å². The molecule has 27 heavy (non-hydrogen) atoms. The number of imidazole rings is 1. The number of methoxy groups -OCH3 is 3. The third-order valence-electron chi connectivity index (χ3n) is 4.23. The Morgan fingerprint density at radius 1 is 1.04 bits per heavy atom. The lowest BCUT2D eigenvalue weighted by Gasteiger charge is -2.13. The molecule has 7 nitrogen and oxygen atoms in total. The van der Waals surface area contributed by atoms with Crippen LogP contribution in [0.5, 0.6) is 23.0 Å². The van der Waals surface area contributed by atoms with Crippen molar-refractivity contribution < 1.29 is 24.1 Å². The number of carbonyl (C=O) groups is 1. The zero-order valence-corrected chi connectivity index (χ0v) is 15.5. The summed E-state index contributed by atoms with van der Waals surface area (Å²) in [5, 5.41) is 9.87. The minimum absolute atomic E-state index is 0.168. The molecule has 0 spiro atoms. The van der Waals surface area contributed by atoms with E-state index in [9.17, 15) is 9.90 Å². The van der Waals surface area contributed by atoms with Gasteiger partial charge in [0.15, 0.2) is 11.5 Å². The zero-order chi connectivity index (χ0) is 19.6. The summed E-state index contributed by atoms with van der Waals surface area (Å²) in [5.41, 5.74) is 2.12. The van der Waals surface area contributed by atoms with Crippen LogP contribution in [0.4, 0.5) is 0 Å². The van der Waals surface area contributed by atoms with Crippen molar-refractivity contribution in [2.24, 2.45) is 0 Å². The Bertz CT molecular complexity index is 969. The molecule has 1 aromatic heterocycles. The summed E-state index contributed by atoms with van der Waals surface area (Å²) >= 11 is 0. The maximum absolute atomic E-state index is 12.9. The highest BCUT2D eigenvalue weighted by atomic mass is 16.5. The molecule has 0 aliphatic heterocycles. The number of phenolic OH excluding ortho intramolecular Hbond substituents is 1. The molecule has 3 aromatic rings. The highest BCUT2D eigenvalue weighted by Gasteiger charge is 2.19. The lowest BCUT2D eigenvalue weighted by atomic mass is 10.1. The molecule has 2 aromatic carbocycles. The maximum Gasteiger partial charge on any atom is 0.211 e. The lowest BCUT2D eigenvalue weighted by molar-refractivity contribution is 0.103. The molecule has 0 bridgehead atoms. The van der Waals surface area contributed by atoms with Crippen LogP contribution in [0.3, 0.4) is 0 Å². The Morgan fingerprint density at radius 3 is 2.26 bits per heavy atom. The van der Waals surface area contributed by atoms with Gasteiger partial charge in [0.1, 0.15) is 17.3 Å². The number of ether oxygens (including phenoxy) is 3. The average Bonchev–Trinajstić information content (AvgIpc) is 3.18.